The Balaban J connectivity index is 2.06. The van der Waals surface area contributed by atoms with Crippen molar-refractivity contribution in [3.8, 4) is 0 Å². The molecule has 1 saturated carbocycles. The summed E-state index contributed by atoms with van der Waals surface area (Å²) >= 11 is 0. The van der Waals surface area contributed by atoms with Gasteiger partial charge in [0.05, 0.1) is 0 Å². The van der Waals surface area contributed by atoms with Crippen molar-refractivity contribution in [1.82, 2.24) is 10.6 Å². The summed E-state index contributed by atoms with van der Waals surface area (Å²) in [5.41, 5.74) is 7.33. The van der Waals surface area contributed by atoms with Gasteiger partial charge in [0.2, 0.25) is 5.91 Å². The molecule has 1 aliphatic carbocycles. The van der Waals surface area contributed by atoms with Crippen LogP contribution in [0.2, 0.25) is 0 Å². The van der Waals surface area contributed by atoms with Crippen LogP contribution in [0.4, 0.5) is 0 Å². The SMILES string of the molecule is Cc1ccccc1C(=O)NC(CC(C)C)C(=O)NC1CCCC1CN. The van der Waals surface area contributed by atoms with Gasteiger partial charge in [0.1, 0.15) is 6.04 Å². The highest BCUT2D eigenvalue weighted by Crippen LogP contribution is 2.24. The maximum Gasteiger partial charge on any atom is 0.252 e. The zero-order valence-electron chi connectivity index (χ0n) is 15.5. The molecule has 0 aromatic heterocycles. The maximum absolute atomic E-state index is 12.8. The lowest BCUT2D eigenvalue weighted by molar-refractivity contribution is -0.124. The lowest BCUT2D eigenvalue weighted by Crippen LogP contribution is -2.51. The van der Waals surface area contributed by atoms with Crippen molar-refractivity contribution >= 4 is 11.8 Å². The number of amides is 2. The summed E-state index contributed by atoms with van der Waals surface area (Å²) in [4.78, 5) is 25.4. The minimum atomic E-state index is -0.522. The molecule has 1 fully saturated rings. The quantitative estimate of drug-likeness (QED) is 0.709. The van der Waals surface area contributed by atoms with Crippen LogP contribution in [0.1, 0.15) is 55.5 Å². The molecule has 1 aliphatic rings. The number of nitrogens with two attached hydrogens (primary N) is 1. The van der Waals surface area contributed by atoms with Crippen LogP contribution in [-0.2, 0) is 4.79 Å². The highest BCUT2D eigenvalue weighted by Gasteiger charge is 2.30. The summed E-state index contributed by atoms with van der Waals surface area (Å²) in [6, 6.07) is 7.03. The van der Waals surface area contributed by atoms with Crippen molar-refractivity contribution in [3.63, 3.8) is 0 Å². The van der Waals surface area contributed by atoms with Crippen molar-refractivity contribution in [2.45, 2.75) is 58.5 Å². The van der Waals surface area contributed by atoms with Gasteiger partial charge in [-0.15, -0.1) is 0 Å². The standard InChI is InChI=1S/C20H31N3O2/c1-13(2)11-18(20(25)22-17-10-6-8-15(17)12-21)23-19(24)16-9-5-4-7-14(16)3/h4-5,7,9,13,15,17-18H,6,8,10-12,21H2,1-3H3,(H,22,25)(H,23,24). The first-order chi connectivity index (χ1) is 11.9. The Kier molecular flexibility index (Phi) is 7.00. The van der Waals surface area contributed by atoms with E-state index in [1.54, 1.807) is 6.07 Å². The van der Waals surface area contributed by atoms with E-state index in [1.165, 1.54) is 0 Å². The maximum atomic E-state index is 12.8. The number of benzene rings is 1. The number of carbonyl (C=O) groups excluding carboxylic acids is 2. The monoisotopic (exact) mass is 345 g/mol. The molecule has 0 spiro atoms. The zero-order valence-corrected chi connectivity index (χ0v) is 15.5. The molecule has 0 radical (unpaired) electrons. The van der Waals surface area contributed by atoms with Crippen LogP contribution in [0.25, 0.3) is 0 Å². The molecule has 4 N–H and O–H groups in total. The number of aryl methyl sites for hydroxylation is 1. The van der Waals surface area contributed by atoms with Crippen LogP contribution in [-0.4, -0.2) is 30.4 Å². The third-order valence-electron chi connectivity index (χ3n) is 5.01. The molecular weight excluding hydrogens is 314 g/mol. The summed E-state index contributed by atoms with van der Waals surface area (Å²) in [6.45, 7) is 6.60. The van der Waals surface area contributed by atoms with Crippen LogP contribution in [0.15, 0.2) is 24.3 Å². The lowest BCUT2D eigenvalue weighted by atomic mass is 9.99. The van der Waals surface area contributed by atoms with E-state index in [0.717, 1.165) is 24.8 Å². The minimum Gasteiger partial charge on any atom is -0.351 e. The first-order valence-corrected chi connectivity index (χ1v) is 9.29. The summed E-state index contributed by atoms with van der Waals surface area (Å²) in [6.07, 6.45) is 3.74. The van der Waals surface area contributed by atoms with Crippen LogP contribution < -0.4 is 16.4 Å². The largest absolute Gasteiger partial charge is 0.351 e. The number of carbonyl (C=O) groups is 2. The Labute approximate surface area is 150 Å². The van der Waals surface area contributed by atoms with Crippen molar-refractivity contribution < 1.29 is 9.59 Å². The van der Waals surface area contributed by atoms with Gasteiger partial charge in [0.25, 0.3) is 5.91 Å². The normalized spacial score (nSPS) is 21.2. The summed E-state index contributed by atoms with van der Waals surface area (Å²) < 4.78 is 0. The average molecular weight is 345 g/mol. The lowest BCUT2D eigenvalue weighted by Gasteiger charge is -2.25. The zero-order chi connectivity index (χ0) is 18.4. The van der Waals surface area contributed by atoms with Crippen molar-refractivity contribution in [1.29, 1.82) is 0 Å². The molecule has 2 rings (SSSR count). The highest BCUT2D eigenvalue weighted by atomic mass is 16.2. The minimum absolute atomic E-state index is 0.0963. The van der Waals surface area contributed by atoms with Crippen LogP contribution in [0.5, 0.6) is 0 Å². The summed E-state index contributed by atoms with van der Waals surface area (Å²) in [5.74, 6) is 0.360. The topological polar surface area (TPSA) is 84.2 Å². The second-order valence-corrected chi connectivity index (χ2v) is 7.51. The van der Waals surface area contributed by atoms with E-state index in [4.69, 9.17) is 5.73 Å². The molecule has 1 aromatic carbocycles. The number of nitrogens with one attached hydrogen (secondary N) is 2. The number of hydrogen-bond acceptors (Lipinski definition) is 3. The van der Waals surface area contributed by atoms with Crippen LogP contribution in [0, 0.1) is 18.8 Å². The van der Waals surface area contributed by atoms with Crippen molar-refractivity contribution in [2.75, 3.05) is 6.54 Å². The second-order valence-electron chi connectivity index (χ2n) is 7.51. The van der Waals surface area contributed by atoms with Gasteiger partial charge in [-0.25, -0.2) is 0 Å². The third-order valence-corrected chi connectivity index (χ3v) is 5.01. The van der Waals surface area contributed by atoms with E-state index in [2.05, 4.69) is 24.5 Å². The van der Waals surface area contributed by atoms with Gasteiger partial charge in [0.15, 0.2) is 0 Å². The van der Waals surface area contributed by atoms with E-state index in [0.29, 0.717) is 30.4 Å². The fraction of sp³-hybridized carbons (Fsp3) is 0.600. The molecule has 0 aliphatic heterocycles. The van der Waals surface area contributed by atoms with Crippen molar-refractivity contribution in [3.05, 3.63) is 35.4 Å². The fourth-order valence-corrected chi connectivity index (χ4v) is 3.56. The van der Waals surface area contributed by atoms with Gasteiger partial charge in [-0.3, -0.25) is 9.59 Å². The van der Waals surface area contributed by atoms with Gasteiger partial charge in [-0.05, 0) is 56.2 Å². The van der Waals surface area contributed by atoms with E-state index in [9.17, 15) is 9.59 Å². The number of hydrogen-bond donors (Lipinski definition) is 3. The van der Waals surface area contributed by atoms with E-state index in [-0.39, 0.29) is 17.9 Å². The molecule has 3 atom stereocenters. The molecular formula is C20H31N3O2. The van der Waals surface area contributed by atoms with Gasteiger partial charge in [-0.2, -0.15) is 0 Å². The third kappa shape index (κ3) is 5.30. The Morgan fingerprint density at radius 3 is 2.60 bits per heavy atom. The van der Waals surface area contributed by atoms with Gasteiger partial charge in [-0.1, -0.05) is 38.5 Å². The highest BCUT2D eigenvalue weighted by molar-refractivity contribution is 5.98. The van der Waals surface area contributed by atoms with Gasteiger partial charge >= 0.3 is 0 Å². The van der Waals surface area contributed by atoms with Crippen LogP contribution >= 0.6 is 0 Å². The molecule has 0 heterocycles. The Morgan fingerprint density at radius 1 is 1.24 bits per heavy atom. The fourth-order valence-electron chi connectivity index (χ4n) is 3.56. The van der Waals surface area contributed by atoms with Gasteiger partial charge < -0.3 is 16.4 Å². The van der Waals surface area contributed by atoms with E-state index < -0.39 is 6.04 Å². The molecule has 5 heteroatoms. The molecule has 138 valence electrons. The van der Waals surface area contributed by atoms with E-state index >= 15 is 0 Å². The molecule has 0 saturated heterocycles. The summed E-state index contributed by atoms with van der Waals surface area (Å²) in [5, 5.41) is 6.05. The molecule has 2 amide bonds. The Bertz CT molecular complexity index is 600. The molecule has 25 heavy (non-hydrogen) atoms. The predicted octanol–water partition coefficient (Wildman–Crippen LogP) is 2.38. The molecule has 1 aromatic rings. The van der Waals surface area contributed by atoms with Gasteiger partial charge in [0, 0.05) is 11.6 Å². The predicted molar refractivity (Wildman–Crippen MR) is 100 cm³/mol. The first kappa shape index (κ1) is 19.4. The Morgan fingerprint density at radius 2 is 1.96 bits per heavy atom. The van der Waals surface area contributed by atoms with Crippen LogP contribution in [0.3, 0.4) is 0 Å². The van der Waals surface area contributed by atoms with Crippen molar-refractivity contribution in [2.24, 2.45) is 17.6 Å². The molecule has 0 bridgehead atoms. The Hall–Kier alpha value is -1.88. The first-order valence-electron chi connectivity index (χ1n) is 9.29. The van der Waals surface area contributed by atoms with E-state index in [1.807, 2.05) is 25.1 Å². The molecule has 5 nitrogen and oxygen atoms in total. The average Bonchev–Trinajstić information content (AvgIpc) is 3.01. The molecule has 3 unspecified atom stereocenters. The number of rotatable bonds is 7. The summed E-state index contributed by atoms with van der Waals surface area (Å²) in [7, 11) is 0. The second kappa shape index (κ2) is 8.99. The smallest absolute Gasteiger partial charge is 0.252 e.